The van der Waals surface area contributed by atoms with Crippen LogP contribution in [0.25, 0.3) is 0 Å². The third-order valence-corrected chi connectivity index (χ3v) is 4.21. The predicted molar refractivity (Wildman–Crippen MR) is 104 cm³/mol. The van der Waals surface area contributed by atoms with Gasteiger partial charge in [0.2, 0.25) is 0 Å². The zero-order valence-corrected chi connectivity index (χ0v) is 16.2. The highest BCUT2D eigenvalue weighted by Gasteiger charge is 2.12. The molecule has 1 aromatic carbocycles. The highest BCUT2D eigenvalue weighted by atomic mass is 35.5. The van der Waals surface area contributed by atoms with E-state index < -0.39 is 0 Å². The van der Waals surface area contributed by atoms with Crippen LogP contribution < -0.4 is 10.6 Å². The van der Waals surface area contributed by atoms with E-state index in [-0.39, 0.29) is 17.5 Å². The van der Waals surface area contributed by atoms with Gasteiger partial charge in [-0.05, 0) is 42.2 Å². The van der Waals surface area contributed by atoms with Crippen LogP contribution in [-0.2, 0) is 6.42 Å². The highest BCUT2D eigenvalue weighted by Crippen LogP contribution is 2.21. The first kappa shape index (κ1) is 20.2. The molecule has 0 aliphatic heterocycles. The van der Waals surface area contributed by atoms with Crippen LogP contribution in [0.4, 0.5) is 0 Å². The van der Waals surface area contributed by atoms with Gasteiger partial charge < -0.3 is 10.6 Å². The summed E-state index contributed by atoms with van der Waals surface area (Å²) in [4.78, 5) is 28.4. The molecule has 0 aliphatic carbocycles. The SMILES string of the molecule is CC(C)CNC(=O)c1cc(C(=O)NCCc2ccc(Cl)cc2Cl)ccn1. The van der Waals surface area contributed by atoms with Crippen molar-refractivity contribution in [1.29, 1.82) is 0 Å². The first-order valence-corrected chi connectivity index (χ1v) is 9.08. The molecule has 0 bridgehead atoms. The van der Waals surface area contributed by atoms with E-state index in [1.807, 2.05) is 19.9 Å². The molecular formula is C19H21Cl2N3O2. The van der Waals surface area contributed by atoms with E-state index in [0.29, 0.717) is 41.0 Å². The van der Waals surface area contributed by atoms with Crippen LogP contribution in [0.1, 0.15) is 40.3 Å². The Labute approximate surface area is 163 Å². The van der Waals surface area contributed by atoms with Crippen molar-refractivity contribution in [3.63, 3.8) is 0 Å². The summed E-state index contributed by atoms with van der Waals surface area (Å²) in [7, 11) is 0. The number of benzene rings is 1. The van der Waals surface area contributed by atoms with Gasteiger partial charge in [0.15, 0.2) is 0 Å². The average molecular weight is 394 g/mol. The van der Waals surface area contributed by atoms with E-state index in [4.69, 9.17) is 23.2 Å². The molecule has 138 valence electrons. The highest BCUT2D eigenvalue weighted by molar-refractivity contribution is 6.35. The summed E-state index contributed by atoms with van der Waals surface area (Å²) in [5, 5.41) is 6.74. The maximum atomic E-state index is 12.3. The molecule has 2 rings (SSSR count). The second kappa shape index (κ2) is 9.55. The van der Waals surface area contributed by atoms with Crippen molar-refractivity contribution in [2.45, 2.75) is 20.3 Å². The quantitative estimate of drug-likeness (QED) is 0.752. The third-order valence-electron chi connectivity index (χ3n) is 3.62. The van der Waals surface area contributed by atoms with Crippen LogP contribution in [0.3, 0.4) is 0 Å². The molecule has 26 heavy (non-hydrogen) atoms. The summed E-state index contributed by atoms with van der Waals surface area (Å²) in [5.41, 5.74) is 1.51. The van der Waals surface area contributed by atoms with E-state index in [9.17, 15) is 9.59 Å². The van der Waals surface area contributed by atoms with Crippen molar-refractivity contribution in [3.05, 3.63) is 63.4 Å². The van der Waals surface area contributed by atoms with E-state index >= 15 is 0 Å². The van der Waals surface area contributed by atoms with Gasteiger partial charge >= 0.3 is 0 Å². The Balaban J connectivity index is 1.93. The fourth-order valence-corrected chi connectivity index (χ4v) is 2.72. The molecule has 0 fully saturated rings. The Kier molecular flexibility index (Phi) is 7.42. The standard InChI is InChI=1S/C19H21Cl2N3O2/c1-12(2)11-24-19(26)17-9-14(6-7-22-17)18(25)23-8-5-13-3-4-15(20)10-16(13)21/h3-4,6-7,9-10,12H,5,8,11H2,1-2H3,(H,23,25)(H,24,26). The van der Waals surface area contributed by atoms with Gasteiger partial charge in [0.25, 0.3) is 11.8 Å². The number of nitrogens with zero attached hydrogens (tertiary/aromatic N) is 1. The minimum atomic E-state index is -0.290. The number of pyridine rings is 1. The van der Waals surface area contributed by atoms with Gasteiger partial charge in [-0.15, -0.1) is 0 Å². The summed E-state index contributed by atoms with van der Waals surface area (Å²) >= 11 is 12.0. The van der Waals surface area contributed by atoms with Crippen LogP contribution in [0, 0.1) is 5.92 Å². The molecule has 1 aromatic heterocycles. The second-order valence-corrected chi connectivity index (χ2v) is 7.12. The lowest BCUT2D eigenvalue weighted by Crippen LogP contribution is -2.29. The monoisotopic (exact) mass is 393 g/mol. The first-order valence-electron chi connectivity index (χ1n) is 8.33. The second-order valence-electron chi connectivity index (χ2n) is 6.28. The van der Waals surface area contributed by atoms with Crippen molar-refractivity contribution < 1.29 is 9.59 Å². The van der Waals surface area contributed by atoms with Gasteiger partial charge in [-0.2, -0.15) is 0 Å². The molecule has 0 atom stereocenters. The van der Waals surface area contributed by atoms with E-state index in [0.717, 1.165) is 5.56 Å². The Morgan fingerprint density at radius 1 is 1.08 bits per heavy atom. The molecule has 2 N–H and O–H groups in total. The van der Waals surface area contributed by atoms with Crippen LogP contribution in [0.15, 0.2) is 36.5 Å². The molecule has 2 amide bonds. The molecule has 0 saturated carbocycles. The number of aromatic nitrogens is 1. The number of nitrogens with one attached hydrogen (secondary N) is 2. The Morgan fingerprint density at radius 3 is 2.54 bits per heavy atom. The molecule has 7 heteroatoms. The zero-order valence-electron chi connectivity index (χ0n) is 14.7. The first-order chi connectivity index (χ1) is 12.4. The lowest BCUT2D eigenvalue weighted by molar-refractivity contribution is 0.0944. The van der Waals surface area contributed by atoms with Crippen molar-refractivity contribution in [2.75, 3.05) is 13.1 Å². The Morgan fingerprint density at radius 2 is 1.85 bits per heavy atom. The third kappa shape index (κ3) is 6.00. The van der Waals surface area contributed by atoms with Gasteiger partial charge in [0, 0.05) is 34.9 Å². The molecule has 5 nitrogen and oxygen atoms in total. The molecular weight excluding hydrogens is 373 g/mol. The average Bonchev–Trinajstić information content (AvgIpc) is 2.61. The summed E-state index contributed by atoms with van der Waals surface area (Å²) in [6.45, 7) is 4.98. The van der Waals surface area contributed by atoms with E-state index in [2.05, 4.69) is 15.6 Å². The van der Waals surface area contributed by atoms with Gasteiger partial charge in [0.1, 0.15) is 5.69 Å². The van der Waals surface area contributed by atoms with Crippen LogP contribution in [-0.4, -0.2) is 29.9 Å². The molecule has 0 radical (unpaired) electrons. The number of halogens is 2. The van der Waals surface area contributed by atoms with Crippen molar-refractivity contribution in [2.24, 2.45) is 5.92 Å². The fourth-order valence-electron chi connectivity index (χ4n) is 2.22. The maximum Gasteiger partial charge on any atom is 0.269 e. The number of amides is 2. The summed E-state index contributed by atoms with van der Waals surface area (Å²) in [5.74, 6) is -0.221. The minimum absolute atomic E-state index is 0.221. The van der Waals surface area contributed by atoms with Crippen LogP contribution in [0.2, 0.25) is 10.0 Å². The normalized spacial score (nSPS) is 10.7. The molecule has 0 spiro atoms. The van der Waals surface area contributed by atoms with E-state index in [1.54, 1.807) is 18.2 Å². The Bertz CT molecular complexity index is 794. The van der Waals surface area contributed by atoms with Crippen LogP contribution in [0.5, 0.6) is 0 Å². The van der Waals surface area contributed by atoms with Crippen molar-refractivity contribution in [3.8, 4) is 0 Å². The largest absolute Gasteiger partial charge is 0.352 e. The van der Waals surface area contributed by atoms with Gasteiger partial charge in [-0.25, -0.2) is 0 Å². The number of hydrogen-bond acceptors (Lipinski definition) is 3. The molecule has 0 unspecified atom stereocenters. The molecule has 0 saturated heterocycles. The molecule has 1 heterocycles. The predicted octanol–water partition coefficient (Wildman–Crippen LogP) is 3.75. The number of carbonyl (C=O) groups excluding carboxylic acids is 2. The van der Waals surface area contributed by atoms with Gasteiger partial charge in [-0.1, -0.05) is 43.1 Å². The minimum Gasteiger partial charge on any atom is -0.352 e. The lowest BCUT2D eigenvalue weighted by Gasteiger charge is -2.09. The number of carbonyl (C=O) groups is 2. The molecule has 0 aliphatic rings. The fraction of sp³-hybridized carbons (Fsp3) is 0.316. The smallest absolute Gasteiger partial charge is 0.269 e. The summed E-state index contributed by atoms with van der Waals surface area (Å²) in [6.07, 6.45) is 2.03. The number of hydrogen-bond donors (Lipinski definition) is 2. The van der Waals surface area contributed by atoms with Gasteiger partial charge in [0.05, 0.1) is 0 Å². The van der Waals surface area contributed by atoms with Crippen LogP contribution >= 0.6 is 23.2 Å². The maximum absolute atomic E-state index is 12.3. The Hall–Kier alpha value is -2.11. The number of rotatable bonds is 7. The topological polar surface area (TPSA) is 71.1 Å². The summed E-state index contributed by atoms with van der Waals surface area (Å²) in [6, 6.07) is 8.32. The van der Waals surface area contributed by atoms with Crippen molar-refractivity contribution in [1.82, 2.24) is 15.6 Å². The molecule has 2 aromatic rings. The summed E-state index contributed by atoms with van der Waals surface area (Å²) < 4.78 is 0. The van der Waals surface area contributed by atoms with Gasteiger partial charge in [-0.3, -0.25) is 14.6 Å². The van der Waals surface area contributed by atoms with Crippen molar-refractivity contribution >= 4 is 35.0 Å². The van der Waals surface area contributed by atoms with E-state index in [1.165, 1.54) is 12.3 Å². The zero-order chi connectivity index (χ0) is 19.1. The lowest BCUT2D eigenvalue weighted by atomic mass is 10.1.